The maximum atomic E-state index is 11.7. The Labute approximate surface area is 190 Å². The van der Waals surface area contributed by atoms with Crippen molar-refractivity contribution in [2.24, 2.45) is 11.8 Å². The van der Waals surface area contributed by atoms with Crippen LogP contribution in [0.1, 0.15) is 50.5 Å². The number of nitrogens with zero attached hydrogens (tertiary/aromatic N) is 2. The van der Waals surface area contributed by atoms with Crippen LogP contribution in [-0.4, -0.2) is 62.8 Å². The number of halogens is 1. The molecule has 1 aliphatic carbocycles. The van der Waals surface area contributed by atoms with Crippen LogP contribution in [0.4, 0.5) is 4.79 Å². The molecule has 0 spiro atoms. The van der Waals surface area contributed by atoms with Crippen molar-refractivity contribution in [3.05, 3.63) is 28.2 Å². The Morgan fingerprint density at radius 1 is 1.10 bits per heavy atom. The number of ether oxygens (including phenoxy) is 2. The van der Waals surface area contributed by atoms with Gasteiger partial charge in [-0.25, -0.2) is 4.79 Å². The van der Waals surface area contributed by atoms with E-state index in [4.69, 9.17) is 9.47 Å². The van der Waals surface area contributed by atoms with Crippen molar-refractivity contribution < 1.29 is 14.3 Å². The minimum Gasteiger partial charge on any atom is -0.497 e. The largest absolute Gasteiger partial charge is 0.497 e. The van der Waals surface area contributed by atoms with Gasteiger partial charge in [-0.15, -0.1) is 0 Å². The number of carbonyl (C=O) groups is 1. The molecular weight excluding hydrogens is 444 g/mol. The van der Waals surface area contributed by atoms with E-state index in [0.717, 1.165) is 36.8 Å². The first kappa shape index (κ1) is 23.4. The molecule has 30 heavy (non-hydrogen) atoms. The Morgan fingerprint density at radius 3 is 2.43 bits per heavy atom. The molecule has 1 saturated heterocycles. The number of benzene rings is 1. The van der Waals surface area contributed by atoms with Gasteiger partial charge in [-0.1, -0.05) is 15.9 Å². The number of likely N-dealkylation sites (tertiary alicyclic amines) is 1. The Bertz CT molecular complexity index is 681. The average Bonchev–Trinajstić information content (AvgIpc) is 2.75. The summed E-state index contributed by atoms with van der Waals surface area (Å²) in [5, 5.41) is 0. The van der Waals surface area contributed by atoms with Crippen LogP contribution in [0, 0.1) is 11.8 Å². The molecule has 1 amide bonds. The summed E-state index contributed by atoms with van der Waals surface area (Å²) in [6.07, 6.45) is 9.27. The SMILES string of the molecule is COc1ccc(Br)c(CC2CCN(CCC3CCC(OC(=O)N(C)C)CC3)CC2)c1. The van der Waals surface area contributed by atoms with Crippen molar-refractivity contribution >= 4 is 22.0 Å². The minimum atomic E-state index is -0.206. The number of carbonyl (C=O) groups excluding carboxylic acids is 1. The fourth-order valence-electron chi connectivity index (χ4n) is 4.71. The molecule has 1 saturated carbocycles. The lowest BCUT2D eigenvalue weighted by Gasteiger charge is -2.34. The molecule has 168 valence electrons. The lowest BCUT2D eigenvalue weighted by atomic mass is 9.84. The van der Waals surface area contributed by atoms with Gasteiger partial charge in [-0.2, -0.15) is 0 Å². The highest BCUT2D eigenvalue weighted by Gasteiger charge is 2.26. The van der Waals surface area contributed by atoms with Crippen molar-refractivity contribution in [1.29, 1.82) is 0 Å². The second-order valence-corrected chi connectivity index (χ2v) is 10.0. The molecule has 1 aromatic carbocycles. The van der Waals surface area contributed by atoms with Crippen LogP contribution < -0.4 is 4.74 Å². The summed E-state index contributed by atoms with van der Waals surface area (Å²) in [4.78, 5) is 15.9. The van der Waals surface area contributed by atoms with E-state index < -0.39 is 0 Å². The molecule has 2 fully saturated rings. The molecule has 0 bridgehead atoms. The molecule has 0 unspecified atom stereocenters. The molecule has 1 aromatic rings. The number of rotatable bonds is 7. The molecule has 5 nitrogen and oxygen atoms in total. The molecular formula is C24H37BrN2O3. The van der Waals surface area contributed by atoms with Gasteiger partial charge in [0.25, 0.3) is 0 Å². The van der Waals surface area contributed by atoms with E-state index in [-0.39, 0.29) is 12.2 Å². The summed E-state index contributed by atoms with van der Waals surface area (Å²) in [5.74, 6) is 2.48. The predicted molar refractivity (Wildman–Crippen MR) is 124 cm³/mol. The summed E-state index contributed by atoms with van der Waals surface area (Å²) in [5.41, 5.74) is 1.36. The van der Waals surface area contributed by atoms with Gasteiger partial charge in [0.1, 0.15) is 11.9 Å². The lowest BCUT2D eigenvalue weighted by Crippen LogP contribution is -2.36. The fraction of sp³-hybridized carbons (Fsp3) is 0.708. The van der Waals surface area contributed by atoms with Crippen LogP contribution in [0.3, 0.4) is 0 Å². The van der Waals surface area contributed by atoms with Gasteiger partial charge in [0.15, 0.2) is 0 Å². The smallest absolute Gasteiger partial charge is 0.409 e. The van der Waals surface area contributed by atoms with E-state index >= 15 is 0 Å². The Kier molecular flexibility index (Phi) is 8.87. The van der Waals surface area contributed by atoms with Gasteiger partial charge >= 0.3 is 6.09 Å². The summed E-state index contributed by atoms with van der Waals surface area (Å²) in [6, 6.07) is 6.28. The fourth-order valence-corrected chi connectivity index (χ4v) is 5.12. The number of hydrogen-bond donors (Lipinski definition) is 0. The molecule has 1 aliphatic heterocycles. The van der Waals surface area contributed by atoms with Gasteiger partial charge in [0.2, 0.25) is 0 Å². The Morgan fingerprint density at radius 2 is 1.80 bits per heavy atom. The van der Waals surface area contributed by atoms with E-state index in [9.17, 15) is 4.79 Å². The van der Waals surface area contributed by atoms with Crippen molar-refractivity contribution in [2.45, 2.75) is 57.5 Å². The normalized spacial score (nSPS) is 23.2. The Balaban J connectivity index is 1.33. The van der Waals surface area contributed by atoms with Crippen LogP contribution in [0.5, 0.6) is 5.75 Å². The zero-order valence-electron chi connectivity index (χ0n) is 18.7. The quantitative estimate of drug-likeness (QED) is 0.526. The monoisotopic (exact) mass is 480 g/mol. The van der Waals surface area contributed by atoms with Gasteiger partial charge in [0.05, 0.1) is 7.11 Å². The second-order valence-electron chi connectivity index (χ2n) is 9.16. The minimum absolute atomic E-state index is 0.114. The van der Waals surface area contributed by atoms with Gasteiger partial charge in [0, 0.05) is 18.6 Å². The number of amides is 1. The van der Waals surface area contributed by atoms with Crippen molar-refractivity contribution in [1.82, 2.24) is 9.80 Å². The highest BCUT2D eigenvalue weighted by molar-refractivity contribution is 9.10. The van der Waals surface area contributed by atoms with E-state index in [1.165, 1.54) is 66.7 Å². The molecule has 1 heterocycles. The zero-order valence-corrected chi connectivity index (χ0v) is 20.3. The molecule has 0 atom stereocenters. The average molecular weight is 481 g/mol. The maximum absolute atomic E-state index is 11.7. The maximum Gasteiger partial charge on any atom is 0.409 e. The van der Waals surface area contributed by atoms with Crippen molar-refractivity contribution in [3.63, 3.8) is 0 Å². The van der Waals surface area contributed by atoms with Crippen LogP contribution in [0.2, 0.25) is 0 Å². The van der Waals surface area contributed by atoms with Crippen LogP contribution in [0.15, 0.2) is 22.7 Å². The third kappa shape index (κ3) is 6.88. The van der Waals surface area contributed by atoms with Gasteiger partial charge in [-0.05, 0) is 107 Å². The molecule has 0 N–H and O–H groups in total. The second kappa shape index (κ2) is 11.4. The van der Waals surface area contributed by atoms with Crippen LogP contribution in [0.25, 0.3) is 0 Å². The Hall–Kier alpha value is -1.27. The zero-order chi connectivity index (χ0) is 21.5. The third-order valence-electron chi connectivity index (χ3n) is 6.75. The molecule has 2 aliphatic rings. The first-order valence-electron chi connectivity index (χ1n) is 11.4. The molecule has 0 radical (unpaired) electrons. The molecule has 0 aromatic heterocycles. The topological polar surface area (TPSA) is 42.0 Å². The van der Waals surface area contributed by atoms with Gasteiger partial charge in [-0.3, -0.25) is 0 Å². The highest BCUT2D eigenvalue weighted by Crippen LogP contribution is 2.31. The molecule has 3 rings (SSSR count). The summed E-state index contributed by atoms with van der Waals surface area (Å²) < 4.78 is 12.1. The van der Waals surface area contributed by atoms with E-state index in [1.807, 2.05) is 6.07 Å². The summed E-state index contributed by atoms with van der Waals surface area (Å²) in [7, 11) is 5.22. The predicted octanol–water partition coefficient (Wildman–Crippen LogP) is 5.36. The summed E-state index contributed by atoms with van der Waals surface area (Å²) in [6.45, 7) is 3.63. The van der Waals surface area contributed by atoms with E-state index in [1.54, 1.807) is 21.2 Å². The van der Waals surface area contributed by atoms with Crippen molar-refractivity contribution in [3.8, 4) is 5.75 Å². The number of hydrogen-bond acceptors (Lipinski definition) is 4. The lowest BCUT2D eigenvalue weighted by molar-refractivity contribution is 0.0442. The number of piperidine rings is 1. The highest BCUT2D eigenvalue weighted by atomic mass is 79.9. The first-order chi connectivity index (χ1) is 14.4. The standard InChI is InChI=1S/C24H37BrN2O3/c1-26(2)24(28)30-21-6-4-18(5-7-21)10-13-27-14-11-19(12-15-27)16-20-17-22(29-3)8-9-23(20)25/h8-9,17-19,21H,4-7,10-16H2,1-3H3. The van der Waals surface area contributed by atoms with Crippen molar-refractivity contribution in [2.75, 3.05) is 40.8 Å². The number of methoxy groups -OCH3 is 1. The van der Waals surface area contributed by atoms with E-state index in [0.29, 0.717) is 0 Å². The van der Waals surface area contributed by atoms with E-state index in [2.05, 4.69) is 33.0 Å². The van der Waals surface area contributed by atoms with Crippen LogP contribution in [-0.2, 0) is 11.2 Å². The molecule has 6 heteroatoms. The van der Waals surface area contributed by atoms with Crippen LogP contribution >= 0.6 is 15.9 Å². The first-order valence-corrected chi connectivity index (χ1v) is 12.2. The third-order valence-corrected chi connectivity index (χ3v) is 7.52. The summed E-state index contributed by atoms with van der Waals surface area (Å²) >= 11 is 3.70. The van der Waals surface area contributed by atoms with Gasteiger partial charge < -0.3 is 19.3 Å².